The predicted molar refractivity (Wildman–Crippen MR) is 105 cm³/mol. The number of halogens is 1. The molecule has 0 radical (unpaired) electrons. The number of hydrogen-bond donors (Lipinski definition) is 0. The van der Waals surface area contributed by atoms with Crippen molar-refractivity contribution in [3.05, 3.63) is 17.3 Å². The molecule has 166 valence electrons. The molecule has 8 atom stereocenters. The maximum absolute atomic E-state index is 6.37. The van der Waals surface area contributed by atoms with E-state index in [9.17, 15) is 0 Å². The van der Waals surface area contributed by atoms with Crippen molar-refractivity contribution >= 4 is 11.6 Å². The van der Waals surface area contributed by atoms with Crippen molar-refractivity contribution in [1.29, 1.82) is 0 Å². The number of ether oxygens (including phenoxy) is 4. The molecular formula is C21H29ClN2O6. The van der Waals surface area contributed by atoms with Crippen molar-refractivity contribution in [2.24, 2.45) is 23.7 Å². The summed E-state index contributed by atoms with van der Waals surface area (Å²) in [7, 11) is 0. The molecule has 1 aromatic rings. The summed E-state index contributed by atoms with van der Waals surface area (Å²) in [6.07, 6.45) is 3.12. The minimum absolute atomic E-state index is 0.140. The smallest absolute Gasteiger partial charge is 0.233 e. The van der Waals surface area contributed by atoms with Crippen LogP contribution in [0.15, 0.2) is 12.1 Å². The van der Waals surface area contributed by atoms with E-state index in [0.29, 0.717) is 36.1 Å². The fourth-order valence-corrected chi connectivity index (χ4v) is 5.85. The van der Waals surface area contributed by atoms with Crippen LogP contribution in [0.2, 0.25) is 5.15 Å². The zero-order chi connectivity index (χ0) is 20.9. The Kier molecular flexibility index (Phi) is 5.44. The summed E-state index contributed by atoms with van der Waals surface area (Å²) in [5.41, 5.74) is -0.567. The number of aromatic nitrogens is 2. The van der Waals surface area contributed by atoms with Crippen LogP contribution in [0.25, 0.3) is 0 Å². The summed E-state index contributed by atoms with van der Waals surface area (Å²) in [6, 6.07) is 3.31. The first-order valence-electron chi connectivity index (χ1n) is 10.8. The van der Waals surface area contributed by atoms with Gasteiger partial charge in [-0.3, -0.25) is 0 Å². The first kappa shape index (κ1) is 20.8. The van der Waals surface area contributed by atoms with Gasteiger partial charge in [-0.1, -0.05) is 25.4 Å². The highest BCUT2D eigenvalue weighted by Gasteiger charge is 2.69. The SMILES string of the molecule is C[C@H]1[C@@H](OCCOc2ccc(Cl)nn2)O[C@@H]2O[C@@]3(C)CC[C@H]4[C@H](C)CC[C@@H]1[C@@]24OO3. The Morgan fingerprint density at radius 1 is 1.10 bits per heavy atom. The van der Waals surface area contributed by atoms with E-state index in [1.165, 1.54) is 6.42 Å². The third kappa shape index (κ3) is 3.42. The summed E-state index contributed by atoms with van der Waals surface area (Å²) in [4.78, 5) is 12.0. The molecule has 6 rings (SSSR count). The zero-order valence-electron chi connectivity index (χ0n) is 17.6. The van der Waals surface area contributed by atoms with Crippen LogP contribution in [0, 0.1) is 23.7 Å². The number of rotatable bonds is 5. The molecule has 5 aliphatic rings. The highest BCUT2D eigenvalue weighted by atomic mass is 35.5. The largest absolute Gasteiger partial charge is 0.474 e. The molecule has 5 heterocycles. The average molecular weight is 441 g/mol. The normalized spacial score (nSPS) is 44.9. The molecule has 0 unspecified atom stereocenters. The molecule has 9 heteroatoms. The van der Waals surface area contributed by atoms with Crippen LogP contribution in [0.3, 0.4) is 0 Å². The molecule has 1 spiro atoms. The molecule has 4 saturated heterocycles. The van der Waals surface area contributed by atoms with Gasteiger partial charge in [0.15, 0.2) is 23.3 Å². The zero-order valence-corrected chi connectivity index (χ0v) is 18.3. The number of hydrogen-bond acceptors (Lipinski definition) is 8. The van der Waals surface area contributed by atoms with Crippen molar-refractivity contribution in [3.8, 4) is 5.88 Å². The quantitative estimate of drug-likeness (QED) is 0.506. The van der Waals surface area contributed by atoms with E-state index in [0.717, 1.165) is 19.3 Å². The van der Waals surface area contributed by atoms with Crippen LogP contribution in [0.1, 0.15) is 46.5 Å². The highest BCUT2D eigenvalue weighted by Crippen LogP contribution is 2.60. The fourth-order valence-electron chi connectivity index (χ4n) is 5.75. The minimum atomic E-state index is -0.779. The second-order valence-corrected chi connectivity index (χ2v) is 9.57. The van der Waals surface area contributed by atoms with Crippen LogP contribution in [-0.2, 0) is 24.0 Å². The van der Waals surface area contributed by atoms with E-state index in [2.05, 4.69) is 24.0 Å². The Labute approximate surface area is 181 Å². The molecule has 0 N–H and O–H groups in total. The molecule has 0 aromatic carbocycles. The van der Waals surface area contributed by atoms with E-state index in [4.69, 9.17) is 40.3 Å². The molecule has 1 aromatic heterocycles. The molecule has 1 aliphatic carbocycles. The van der Waals surface area contributed by atoms with Crippen molar-refractivity contribution in [2.45, 2.75) is 70.4 Å². The van der Waals surface area contributed by atoms with Crippen molar-refractivity contribution in [3.63, 3.8) is 0 Å². The maximum atomic E-state index is 6.37. The summed E-state index contributed by atoms with van der Waals surface area (Å²) >= 11 is 5.74. The Hall–Kier alpha value is -1.03. The second kappa shape index (κ2) is 7.83. The van der Waals surface area contributed by atoms with E-state index >= 15 is 0 Å². The molecule has 4 aliphatic heterocycles. The van der Waals surface area contributed by atoms with Crippen LogP contribution >= 0.6 is 11.6 Å². The van der Waals surface area contributed by atoms with Crippen molar-refractivity contribution in [1.82, 2.24) is 10.2 Å². The third-order valence-electron chi connectivity index (χ3n) is 7.32. The van der Waals surface area contributed by atoms with Gasteiger partial charge in [-0.05, 0) is 44.1 Å². The van der Waals surface area contributed by atoms with Crippen molar-refractivity contribution in [2.75, 3.05) is 13.2 Å². The van der Waals surface area contributed by atoms with Gasteiger partial charge in [0.05, 0.1) is 6.61 Å². The average Bonchev–Trinajstić information content (AvgIpc) is 2.96. The Balaban J connectivity index is 1.27. The van der Waals surface area contributed by atoms with Gasteiger partial charge >= 0.3 is 0 Å². The van der Waals surface area contributed by atoms with Gasteiger partial charge in [-0.15, -0.1) is 10.2 Å². The lowest BCUT2D eigenvalue weighted by molar-refractivity contribution is -0.577. The van der Waals surface area contributed by atoms with Crippen molar-refractivity contribution < 1.29 is 28.7 Å². The molecule has 0 amide bonds. The van der Waals surface area contributed by atoms with E-state index < -0.39 is 24.0 Å². The fraction of sp³-hybridized carbons (Fsp3) is 0.810. The first-order valence-corrected chi connectivity index (χ1v) is 11.2. The molecule has 1 saturated carbocycles. The lowest BCUT2D eigenvalue weighted by atomic mass is 9.58. The maximum Gasteiger partial charge on any atom is 0.233 e. The van der Waals surface area contributed by atoms with Crippen LogP contribution in [-0.4, -0.2) is 47.4 Å². The first-order chi connectivity index (χ1) is 14.4. The topological polar surface area (TPSA) is 81.2 Å². The summed E-state index contributed by atoms with van der Waals surface area (Å²) < 4.78 is 24.4. The lowest BCUT2D eigenvalue weighted by Crippen LogP contribution is -2.70. The molecule has 2 bridgehead atoms. The second-order valence-electron chi connectivity index (χ2n) is 9.19. The monoisotopic (exact) mass is 440 g/mol. The van der Waals surface area contributed by atoms with Gasteiger partial charge < -0.3 is 18.9 Å². The lowest BCUT2D eigenvalue weighted by Gasteiger charge is -2.60. The standard InChI is InChI=1S/C21H29ClN2O6/c1-12-4-5-15-13(2)18(26-11-10-25-17-7-6-16(22)23-24-17)27-19-21(15)14(12)8-9-20(3,28-19)29-30-21/h6-7,12-15,18-19H,4-5,8-11H2,1-3H3/t12-,13-,14+,15+,18+,19-,20-,21-/m1/s1. The van der Waals surface area contributed by atoms with E-state index in [1.54, 1.807) is 12.1 Å². The van der Waals surface area contributed by atoms with Gasteiger partial charge in [0, 0.05) is 24.3 Å². The van der Waals surface area contributed by atoms with Crippen LogP contribution in [0.4, 0.5) is 0 Å². The third-order valence-corrected chi connectivity index (χ3v) is 7.52. The van der Waals surface area contributed by atoms with Gasteiger partial charge in [-0.2, -0.15) is 0 Å². The Morgan fingerprint density at radius 2 is 1.97 bits per heavy atom. The number of fused-ring (bicyclic) bond motifs is 2. The number of nitrogens with zero attached hydrogens (tertiary/aromatic N) is 2. The molecular weight excluding hydrogens is 412 g/mol. The summed E-state index contributed by atoms with van der Waals surface area (Å²) in [6.45, 7) is 7.10. The van der Waals surface area contributed by atoms with Gasteiger partial charge in [-0.25, -0.2) is 9.78 Å². The molecule has 8 nitrogen and oxygen atoms in total. The summed E-state index contributed by atoms with van der Waals surface area (Å²) in [5, 5.41) is 7.97. The van der Waals surface area contributed by atoms with Gasteiger partial charge in [0.25, 0.3) is 0 Å². The Bertz CT molecular complexity index is 768. The van der Waals surface area contributed by atoms with Crippen LogP contribution in [0.5, 0.6) is 5.88 Å². The van der Waals surface area contributed by atoms with Gasteiger partial charge in [0.1, 0.15) is 6.61 Å². The van der Waals surface area contributed by atoms with E-state index in [-0.39, 0.29) is 11.8 Å². The van der Waals surface area contributed by atoms with Gasteiger partial charge in [0.2, 0.25) is 11.7 Å². The molecule has 30 heavy (non-hydrogen) atoms. The highest BCUT2D eigenvalue weighted by molar-refractivity contribution is 6.29. The molecule has 5 fully saturated rings. The van der Waals surface area contributed by atoms with E-state index in [1.807, 2.05) is 6.92 Å². The Morgan fingerprint density at radius 3 is 2.77 bits per heavy atom. The summed E-state index contributed by atoms with van der Waals surface area (Å²) in [5.74, 6) is 0.902. The van der Waals surface area contributed by atoms with Crippen LogP contribution < -0.4 is 4.74 Å². The minimum Gasteiger partial charge on any atom is -0.474 e. The predicted octanol–water partition coefficient (Wildman–Crippen LogP) is 3.73.